The molecule has 10 heteroatoms. The van der Waals surface area contributed by atoms with Crippen LogP contribution in [-0.4, -0.2) is 26.5 Å². The summed E-state index contributed by atoms with van der Waals surface area (Å²) < 4.78 is 73.4. The third-order valence-electron chi connectivity index (χ3n) is 7.70. The first-order valence-electron chi connectivity index (χ1n) is 14.0. The zero-order valence-electron chi connectivity index (χ0n) is 23.6. The van der Waals surface area contributed by atoms with E-state index in [0.717, 1.165) is 52.1 Å². The van der Waals surface area contributed by atoms with Gasteiger partial charge in [0.15, 0.2) is 5.82 Å². The molecule has 0 aliphatic carbocycles. The number of anilines is 1. The van der Waals surface area contributed by atoms with E-state index in [9.17, 15) is 21.6 Å². The minimum absolute atomic E-state index is 0.00565. The predicted molar refractivity (Wildman–Crippen MR) is 171 cm³/mol. The molecule has 0 amide bonds. The second-order valence-electron chi connectivity index (χ2n) is 10.6. The minimum atomic E-state index is -4.03. The summed E-state index contributed by atoms with van der Waals surface area (Å²) in [5.74, 6) is -0.387. The molecule has 1 heterocycles. The van der Waals surface area contributed by atoms with Crippen molar-refractivity contribution in [1.29, 1.82) is 0 Å². The van der Waals surface area contributed by atoms with Gasteiger partial charge in [-0.2, -0.15) is 8.78 Å². The maximum absolute atomic E-state index is 14.8. The summed E-state index contributed by atoms with van der Waals surface area (Å²) in [6.45, 7) is 3.71. The molecule has 4 aromatic rings. The Balaban J connectivity index is 1.19. The summed E-state index contributed by atoms with van der Waals surface area (Å²) in [5.41, 5.74) is 3.85. The molecule has 226 valence electrons. The minimum Gasteiger partial charge on any atom is -0.493 e. The van der Waals surface area contributed by atoms with Crippen molar-refractivity contribution >= 4 is 38.3 Å². The molecule has 5 rings (SSSR count). The standard InChI is InChI=1S/C33H32F3IN2O3S/c1-23(25-9-12-28(13-10-25)33(35,36)37)39-18-17-26-20-30(15-11-27(26)22-39)43(40,41)38-32-16-14-29(21-31(32)34)42-19-5-8-24-6-3-2-4-7-24/h2-4,6-7,9-16,20-21,23,38H,5,8,17-19,22H2,1H3. The predicted octanol–water partition coefficient (Wildman–Crippen LogP) is 8.24. The molecule has 43 heavy (non-hydrogen) atoms. The molecule has 4 aromatic carbocycles. The van der Waals surface area contributed by atoms with Gasteiger partial charge >= 0.3 is 3.93 Å². The van der Waals surface area contributed by atoms with Gasteiger partial charge in [0.1, 0.15) is 5.75 Å². The number of hydrogen-bond acceptors (Lipinski definition) is 4. The van der Waals surface area contributed by atoms with Gasteiger partial charge in [-0.25, -0.2) is 12.8 Å². The van der Waals surface area contributed by atoms with Crippen LogP contribution in [0.2, 0.25) is 0 Å². The number of ether oxygens (including phenoxy) is 1. The van der Waals surface area contributed by atoms with Crippen LogP contribution in [0.5, 0.6) is 5.75 Å². The number of nitrogens with zero attached hydrogens (tertiary/aromatic N) is 1. The van der Waals surface area contributed by atoms with Crippen molar-refractivity contribution in [3.05, 3.63) is 125 Å². The maximum Gasteiger partial charge on any atom is 0.321 e. The Labute approximate surface area is 264 Å². The Morgan fingerprint density at radius 3 is 2.42 bits per heavy atom. The van der Waals surface area contributed by atoms with E-state index in [1.54, 1.807) is 30.3 Å². The Kier molecular flexibility index (Phi) is 9.67. The van der Waals surface area contributed by atoms with E-state index in [2.05, 4.69) is 9.62 Å². The smallest absolute Gasteiger partial charge is 0.321 e. The highest BCUT2D eigenvalue weighted by Gasteiger charge is 2.28. The van der Waals surface area contributed by atoms with Gasteiger partial charge in [0, 0.05) is 53.4 Å². The highest BCUT2D eigenvalue weighted by Crippen LogP contribution is 2.36. The van der Waals surface area contributed by atoms with Gasteiger partial charge in [-0.1, -0.05) is 60.7 Å². The van der Waals surface area contributed by atoms with Gasteiger partial charge in [-0.15, -0.1) is 0 Å². The fourth-order valence-corrected chi connectivity index (χ4v) is 6.67. The number of halogens is 4. The molecule has 1 aliphatic rings. The molecule has 1 unspecified atom stereocenters. The van der Waals surface area contributed by atoms with Gasteiger partial charge in [-0.3, -0.25) is 9.62 Å². The van der Waals surface area contributed by atoms with Crippen molar-refractivity contribution in [2.45, 2.75) is 47.6 Å². The number of aryl methyl sites for hydroxylation is 1. The summed E-state index contributed by atoms with van der Waals surface area (Å²) in [7, 11) is -4.03. The van der Waals surface area contributed by atoms with Gasteiger partial charge in [-0.05, 0) is 72.7 Å². The van der Waals surface area contributed by atoms with Gasteiger partial charge < -0.3 is 4.74 Å². The van der Waals surface area contributed by atoms with E-state index in [-0.39, 0.29) is 22.2 Å². The maximum atomic E-state index is 14.8. The van der Waals surface area contributed by atoms with Crippen LogP contribution in [0.3, 0.4) is 0 Å². The lowest BCUT2D eigenvalue weighted by atomic mass is 9.96. The number of rotatable bonds is 11. The van der Waals surface area contributed by atoms with Gasteiger partial charge in [0.2, 0.25) is 0 Å². The number of nitrogens with one attached hydrogen (secondary N) is 1. The zero-order valence-corrected chi connectivity index (χ0v) is 26.5. The Bertz CT molecular complexity index is 1660. The lowest BCUT2D eigenvalue weighted by Crippen LogP contribution is -2.33. The van der Waals surface area contributed by atoms with Crippen LogP contribution in [0.15, 0.2) is 95.9 Å². The highest BCUT2D eigenvalue weighted by atomic mass is 127. The van der Waals surface area contributed by atoms with Gasteiger partial charge in [0.05, 0.1) is 17.2 Å². The molecule has 5 nitrogen and oxygen atoms in total. The van der Waals surface area contributed by atoms with Crippen molar-refractivity contribution in [3.63, 3.8) is 0 Å². The SMILES string of the molecule is CC(c1ccc(C(F)(F)I)cc1)N1CCc2cc(S(=O)(=O)Nc3ccc(OCCCc4ccccc4)cc3F)ccc2C1. The molecule has 0 bridgehead atoms. The molecule has 0 saturated heterocycles. The van der Waals surface area contributed by atoms with Gasteiger partial charge in [0.25, 0.3) is 10.0 Å². The Hall–Kier alpha value is -3.09. The molecular formula is C33H32F3IN2O3S. The van der Waals surface area contributed by atoms with Crippen LogP contribution in [0, 0.1) is 5.82 Å². The van der Waals surface area contributed by atoms with Crippen LogP contribution >= 0.6 is 22.6 Å². The molecule has 0 aromatic heterocycles. The van der Waals surface area contributed by atoms with Crippen molar-refractivity contribution in [1.82, 2.24) is 4.90 Å². The molecule has 1 aliphatic heterocycles. The molecule has 0 fully saturated rings. The average Bonchev–Trinajstić information content (AvgIpc) is 3.00. The molecule has 0 saturated carbocycles. The number of alkyl halides is 3. The van der Waals surface area contributed by atoms with Crippen LogP contribution in [0.1, 0.15) is 47.2 Å². The summed E-state index contributed by atoms with van der Waals surface area (Å²) in [6.07, 6.45) is 2.23. The second kappa shape index (κ2) is 13.3. The summed E-state index contributed by atoms with van der Waals surface area (Å²) in [4.78, 5) is 2.29. The quantitative estimate of drug-likeness (QED) is 0.0964. The number of fused-ring (bicyclic) bond motifs is 1. The fraction of sp³-hybridized carbons (Fsp3) is 0.273. The van der Waals surface area contributed by atoms with E-state index in [0.29, 0.717) is 31.9 Å². The highest BCUT2D eigenvalue weighted by molar-refractivity contribution is 14.1. The molecule has 0 spiro atoms. The lowest BCUT2D eigenvalue weighted by molar-refractivity contribution is 0.127. The van der Waals surface area contributed by atoms with E-state index < -0.39 is 19.8 Å². The first kappa shape index (κ1) is 31.3. The summed E-state index contributed by atoms with van der Waals surface area (Å²) in [5, 5.41) is 0. The van der Waals surface area contributed by atoms with Crippen molar-refractivity contribution in [2.24, 2.45) is 0 Å². The molecular weight excluding hydrogens is 688 g/mol. The largest absolute Gasteiger partial charge is 0.493 e. The number of benzene rings is 4. The van der Waals surface area contributed by atoms with E-state index in [1.165, 1.54) is 35.9 Å². The first-order valence-corrected chi connectivity index (χ1v) is 16.6. The number of hydrogen-bond donors (Lipinski definition) is 1. The molecule has 0 radical (unpaired) electrons. The topological polar surface area (TPSA) is 58.6 Å². The molecule has 1 N–H and O–H groups in total. The molecule has 1 atom stereocenters. The van der Waals surface area contributed by atoms with Crippen LogP contribution < -0.4 is 9.46 Å². The summed E-state index contributed by atoms with van der Waals surface area (Å²) in [6, 6.07) is 25.4. The second-order valence-corrected chi connectivity index (χ2v) is 13.7. The number of sulfonamides is 1. The third kappa shape index (κ3) is 7.90. The van der Waals surface area contributed by atoms with E-state index >= 15 is 0 Å². The van der Waals surface area contributed by atoms with Crippen LogP contribution in [0.4, 0.5) is 18.9 Å². The van der Waals surface area contributed by atoms with Crippen molar-refractivity contribution in [3.8, 4) is 5.75 Å². The van der Waals surface area contributed by atoms with E-state index in [4.69, 9.17) is 4.74 Å². The van der Waals surface area contributed by atoms with E-state index in [1.807, 2.05) is 37.3 Å². The Morgan fingerprint density at radius 2 is 1.72 bits per heavy atom. The Morgan fingerprint density at radius 1 is 0.977 bits per heavy atom. The van der Waals surface area contributed by atoms with Crippen LogP contribution in [-0.2, 0) is 33.3 Å². The average molecular weight is 721 g/mol. The lowest BCUT2D eigenvalue weighted by Gasteiger charge is -2.34. The van der Waals surface area contributed by atoms with Crippen LogP contribution in [0.25, 0.3) is 0 Å². The van der Waals surface area contributed by atoms with Crippen molar-refractivity contribution in [2.75, 3.05) is 17.9 Å². The normalized spacial score (nSPS) is 14.6. The monoisotopic (exact) mass is 720 g/mol. The zero-order chi connectivity index (χ0) is 30.6. The fourth-order valence-electron chi connectivity index (χ4n) is 5.19. The summed E-state index contributed by atoms with van der Waals surface area (Å²) >= 11 is 1.12. The van der Waals surface area contributed by atoms with Crippen molar-refractivity contribution < 1.29 is 26.3 Å². The third-order valence-corrected chi connectivity index (χ3v) is 9.69. The first-order chi connectivity index (χ1) is 20.5.